The molecule has 8 heteroatoms. The van der Waals surface area contributed by atoms with Crippen molar-refractivity contribution in [2.75, 3.05) is 37.6 Å². The molecular weight excluding hydrogens is 446 g/mol. The molecule has 34 heavy (non-hydrogen) atoms. The maximum atomic E-state index is 9.26. The summed E-state index contributed by atoms with van der Waals surface area (Å²) in [7, 11) is 0. The van der Waals surface area contributed by atoms with Crippen LogP contribution in [0.1, 0.15) is 30.9 Å². The molecule has 2 aliphatic rings. The lowest BCUT2D eigenvalue weighted by atomic mass is 10.1. The number of anilines is 1. The number of amidine groups is 1. The van der Waals surface area contributed by atoms with E-state index in [0.717, 1.165) is 68.6 Å². The minimum absolute atomic E-state index is 0.145. The van der Waals surface area contributed by atoms with Gasteiger partial charge in [0.25, 0.3) is 0 Å². The fourth-order valence-corrected chi connectivity index (χ4v) is 4.69. The third kappa shape index (κ3) is 5.35. The first-order chi connectivity index (χ1) is 16.5. The van der Waals surface area contributed by atoms with E-state index in [1.165, 1.54) is 0 Å². The zero-order valence-electron chi connectivity index (χ0n) is 19.5. The first-order valence-electron chi connectivity index (χ1n) is 11.6. The molecule has 0 spiro atoms. The van der Waals surface area contributed by atoms with Crippen molar-refractivity contribution in [3.63, 3.8) is 0 Å². The predicted molar refractivity (Wildman–Crippen MR) is 138 cm³/mol. The average molecular weight is 476 g/mol. The van der Waals surface area contributed by atoms with E-state index in [1.807, 2.05) is 30.3 Å². The molecule has 4 rings (SSSR count). The maximum absolute atomic E-state index is 9.26. The van der Waals surface area contributed by atoms with Gasteiger partial charge in [-0.15, -0.1) is 0 Å². The van der Waals surface area contributed by atoms with Crippen LogP contribution in [-0.2, 0) is 0 Å². The van der Waals surface area contributed by atoms with Crippen molar-refractivity contribution >= 4 is 29.0 Å². The molecule has 0 radical (unpaired) electrons. The number of nitrogens with zero attached hydrogens (tertiary/aromatic N) is 6. The summed E-state index contributed by atoms with van der Waals surface area (Å²) in [5.74, 6) is 2.33. The maximum Gasteiger partial charge on any atom is 0.147 e. The first kappa shape index (κ1) is 23.7. The summed E-state index contributed by atoms with van der Waals surface area (Å²) >= 11 is 6.40. The van der Waals surface area contributed by atoms with Crippen LogP contribution < -0.4 is 10.6 Å². The molecule has 2 N–H and O–H groups in total. The van der Waals surface area contributed by atoms with Gasteiger partial charge in [-0.2, -0.15) is 5.26 Å². The summed E-state index contributed by atoms with van der Waals surface area (Å²) in [5.41, 5.74) is 8.43. The highest BCUT2D eigenvalue weighted by atomic mass is 35.5. The highest BCUT2D eigenvalue weighted by Gasteiger charge is 2.28. The molecule has 7 nitrogen and oxygen atoms in total. The van der Waals surface area contributed by atoms with E-state index in [4.69, 9.17) is 22.3 Å². The third-order valence-corrected chi connectivity index (χ3v) is 6.58. The molecule has 0 amide bonds. The summed E-state index contributed by atoms with van der Waals surface area (Å²) in [6.07, 6.45) is 5.98. The van der Waals surface area contributed by atoms with Gasteiger partial charge in [-0.3, -0.25) is 0 Å². The molecule has 3 heterocycles. The van der Waals surface area contributed by atoms with E-state index in [1.54, 1.807) is 18.3 Å². The van der Waals surface area contributed by atoms with Crippen molar-refractivity contribution in [1.29, 1.82) is 5.26 Å². The standard InChI is InChI=1S/C26H30ClN7/c1-19-18-33(26-23(27)9-6-10-30-26)13-14-34(19)25(31-20(2)32-11-3-4-12-32)16-24(29)22-8-5-7-21(15-22)17-28/h5-10,15-16,19H,2-4,11-14,18,29H2,1H3/b24-16-,31-25?/t19-/m1/s1. The molecule has 2 saturated heterocycles. The van der Waals surface area contributed by atoms with Crippen molar-refractivity contribution in [3.05, 3.63) is 77.2 Å². The summed E-state index contributed by atoms with van der Waals surface area (Å²) in [5, 5.41) is 9.92. The van der Waals surface area contributed by atoms with Gasteiger partial charge in [0.1, 0.15) is 17.5 Å². The average Bonchev–Trinajstić information content (AvgIpc) is 3.39. The molecular formula is C26H30ClN7. The summed E-state index contributed by atoms with van der Waals surface area (Å²) in [6, 6.07) is 13.3. The lowest BCUT2D eigenvalue weighted by Gasteiger charge is -2.42. The third-order valence-electron chi connectivity index (χ3n) is 6.28. The lowest BCUT2D eigenvalue weighted by Crippen LogP contribution is -2.54. The number of hydrogen-bond acceptors (Lipinski definition) is 6. The quantitative estimate of drug-likeness (QED) is 0.518. The number of nitriles is 1. The van der Waals surface area contributed by atoms with Crippen molar-refractivity contribution in [2.24, 2.45) is 10.7 Å². The second-order valence-corrected chi connectivity index (χ2v) is 9.08. The Morgan fingerprint density at radius 2 is 2.03 bits per heavy atom. The predicted octanol–water partition coefficient (Wildman–Crippen LogP) is 4.08. The van der Waals surface area contributed by atoms with Gasteiger partial charge in [0.2, 0.25) is 0 Å². The largest absolute Gasteiger partial charge is 0.398 e. The van der Waals surface area contributed by atoms with Crippen molar-refractivity contribution in [2.45, 2.75) is 25.8 Å². The molecule has 176 valence electrons. The monoisotopic (exact) mass is 475 g/mol. The normalized spacial score (nSPS) is 19.3. The molecule has 0 bridgehead atoms. The SMILES string of the molecule is C=C(N=C(/C=C(\N)c1cccc(C#N)c1)N1CCN(c2ncccc2Cl)C[C@H]1C)N1CCCC1. The van der Waals surface area contributed by atoms with Crippen LogP contribution in [0, 0.1) is 11.3 Å². The number of rotatable bonds is 5. The summed E-state index contributed by atoms with van der Waals surface area (Å²) < 4.78 is 0. The van der Waals surface area contributed by atoms with Gasteiger partial charge < -0.3 is 20.4 Å². The molecule has 0 unspecified atom stereocenters. The van der Waals surface area contributed by atoms with E-state index in [-0.39, 0.29) is 6.04 Å². The van der Waals surface area contributed by atoms with E-state index < -0.39 is 0 Å². The Bertz CT molecular complexity index is 1140. The number of hydrogen-bond donors (Lipinski definition) is 1. The molecule has 2 aliphatic heterocycles. The number of benzene rings is 1. The van der Waals surface area contributed by atoms with Crippen molar-refractivity contribution in [3.8, 4) is 6.07 Å². The minimum Gasteiger partial charge on any atom is -0.398 e. The van der Waals surface area contributed by atoms with Gasteiger partial charge in [0.05, 0.1) is 16.7 Å². The van der Waals surface area contributed by atoms with Crippen molar-refractivity contribution in [1.82, 2.24) is 14.8 Å². The van der Waals surface area contributed by atoms with Crippen LogP contribution in [0.3, 0.4) is 0 Å². The highest BCUT2D eigenvalue weighted by molar-refractivity contribution is 6.32. The number of nitrogens with two attached hydrogens (primary N) is 1. The second kappa shape index (κ2) is 10.6. The Morgan fingerprint density at radius 3 is 2.74 bits per heavy atom. The van der Waals surface area contributed by atoms with Crippen LogP contribution in [0.4, 0.5) is 5.82 Å². The zero-order valence-corrected chi connectivity index (χ0v) is 20.2. The Morgan fingerprint density at radius 1 is 1.24 bits per heavy atom. The minimum atomic E-state index is 0.145. The molecule has 0 saturated carbocycles. The summed E-state index contributed by atoms with van der Waals surface area (Å²) in [6.45, 7) is 10.6. The number of likely N-dealkylation sites (tertiary alicyclic amines) is 1. The van der Waals surface area contributed by atoms with Crippen LogP contribution in [0.2, 0.25) is 5.02 Å². The van der Waals surface area contributed by atoms with E-state index in [2.05, 4.69) is 39.3 Å². The Balaban J connectivity index is 1.62. The van der Waals surface area contributed by atoms with E-state index >= 15 is 0 Å². The van der Waals surface area contributed by atoms with Gasteiger partial charge in [-0.05, 0) is 49.6 Å². The van der Waals surface area contributed by atoms with Crippen LogP contribution in [0.15, 0.2) is 66.1 Å². The number of piperazine rings is 1. The van der Waals surface area contributed by atoms with Crippen LogP contribution in [0.5, 0.6) is 0 Å². The van der Waals surface area contributed by atoms with Crippen molar-refractivity contribution < 1.29 is 0 Å². The molecule has 1 atom stereocenters. The smallest absolute Gasteiger partial charge is 0.147 e. The van der Waals surface area contributed by atoms with Gasteiger partial charge in [0.15, 0.2) is 0 Å². The van der Waals surface area contributed by atoms with Gasteiger partial charge in [0, 0.05) is 56.7 Å². The zero-order chi connectivity index (χ0) is 24.1. The Kier molecular flexibility index (Phi) is 7.39. The van der Waals surface area contributed by atoms with Crippen LogP contribution in [0.25, 0.3) is 5.70 Å². The van der Waals surface area contributed by atoms with Gasteiger partial charge in [-0.25, -0.2) is 9.98 Å². The van der Waals surface area contributed by atoms with E-state index in [9.17, 15) is 5.26 Å². The first-order valence-corrected chi connectivity index (χ1v) is 12.0. The fraction of sp³-hybridized carbons (Fsp3) is 0.346. The molecule has 2 aromatic rings. The molecule has 1 aromatic carbocycles. The molecule has 1 aromatic heterocycles. The Hall–Kier alpha value is -3.50. The number of pyridine rings is 1. The lowest BCUT2D eigenvalue weighted by molar-refractivity contribution is 0.297. The fourth-order valence-electron chi connectivity index (χ4n) is 4.45. The van der Waals surface area contributed by atoms with Crippen LogP contribution in [-0.4, -0.2) is 59.4 Å². The van der Waals surface area contributed by atoms with E-state index in [0.29, 0.717) is 16.3 Å². The number of halogens is 1. The van der Waals surface area contributed by atoms with Crippen LogP contribution >= 0.6 is 11.6 Å². The molecule has 0 aliphatic carbocycles. The number of aliphatic imine (C=N–C) groups is 1. The molecule has 2 fully saturated rings. The number of aromatic nitrogens is 1. The summed E-state index contributed by atoms with van der Waals surface area (Å²) in [4.78, 5) is 16.1. The highest BCUT2D eigenvalue weighted by Crippen LogP contribution is 2.26. The Labute approximate surface area is 206 Å². The second-order valence-electron chi connectivity index (χ2n) is 8.67. The van der Waals surface area contributed by atoms with Gasteiger partial charge >= 0.3 is 0 Å². The van der Waals surface area contributed by atoms with Gasteiger partial charge in [-0.1, -0.05) is 30.3 Å². The topological polar surface area (TPSA) is 84.8 Å².